The minimum atomic E-state index is -4.10. The van der Waals surface area contributed by atoms with E-state index in [-0.39, 0.29) is 36.2 Å². The third kappa shape index (κ3) is 11.7. The molecule has 0 aromatic heterocycles. The molecule has 0 saturated heterocycles. The second kappa shape index (κ2) is 11.9. The van der Waals surface area contributed by atoms with Gasteiger partial charge in [0.05, 0.1) is 10.1 Å². The summed E-state index contributed by atoms with van der Waals surface area (Å²) in [5.74, 6) is 0. The van der Waals surface area contributed by atoms with Crippen molar-refractivity contribution in [3.63, 3.8) is 0 Å². The molecule has 17 heavy (non-hydrogen) atoms. The van der Waals surface area contributed by atoms with Crippen LogP contribution in [0.5, 0.6) is 0 Å². The molecule has 6 heteroatoms. The van der Waals surface area contributed by atoms with Crippen LogP contribution in [0.3, 0.4) is 0 Å². The predicted octanol–water partition coefficient (Wildman–Crippen LogP) is -0.963. The average Bonchev–Trinajstić information content (AvgIpc) is 2.20. The van der Waals surface area contributed by atoms with E-state index in [0.29, 0.717) is 12.8 Å². The first-order chi connectivity index (χ1) is 7.52. The topological polar surface area (TPSA) is 77.4 Å². The number of rotatable bonds is 10. The molecule has 0 aliphatic heterocycles. The van der Waals surface area contributed by atoms with Crippen molar-refractivity contribution in [3.8, 4) is 0 Å². The Morgan fingerprint density at radius 1 is 1.06 bits per heavy atom. The Labute approximate surface area is 127 Å². The molecule has 98 valence electrons. The van der Waals surface area contributed by atoms with Crippen molar-refractivity contribution in [3.05, 3.63) is 0 Å². The second-order valence-electron chi connectivity index (χ2n) is 4.16. The van der Waals surface area contributed by atoms with Gasteiger partial charge in [-0.25, -0.2) is 8.42 Å². The van der Waals surface area contributed by atoms with Gasteiger partial charge in [0.1, 0.15) is 0 Å². The van der Waals surface area contributed by atoms with Gasteiger partial charge in [0.2, 0.25) is 0 Å². The van der Waals surface area contributed by atoms with Crippen molar-refractivity contribution in [1.29, 1.82) is 0 Å². The fourth-order valence-electron chi connectivity index (χ4n) is 1.74. The third-order valence-corrected chi connectivity index (χ3v) is 4.18. The summed E-state index contributed by atoms with van der Waals surface area (Å²) in [5.41, 5.74) is 0. The van der Waals surface area contributed by atoms with Gasteiger partial charge < -0.3 is 9.66 Å². The molecule has 0 heterocycles. The van der Waals surface area contributed by atoms with E-state index in [1.807, 2.05) is 0 Å². The number of aliphatic hydroxyl groups is 1. The molecule has 0 aliphatic rings. The van der Waals surface area contributed by atoms with Crippen molar-refractivity contribution in [2.45, 2.75) is 63.5 Å². The van der Waals surface area contributed by atoms with E-state index >= 15 is 0 Å². The summed E-state index contributed by atoms with van der Waals surface area (Å²) in [5, 5.41) is 7.86. The molecule has 0 amide bonds. The van der Waals surface area contributed by atoms with Crippen LogP contribution in [0.25, 0.3) is 0 Å². The summed E-state index contributed by atoms with van der Waals surface area (Å²) in [6, 6.07) is 0. The molecule has 0 bridgehead atoms. The minimum Gasteiger partial charge on any atom is -0.748 e. The maximum atomic E-state index is 10.8. The number of aliphatic hydroxyl groups excluding tert-OH is 1. The molecule has 1 N–H and O–H groups in total. The number of hydrogen-bond donors (Lipinski definition) is 1. The van der Waals surface area contributed by atoms with Gasteiger partial charge in [-0.15, -0.1) is 0 Å². The van der Waals surface area contributed by atoms with Crippen LogP contribution in [0.2, 0.25) is 0 Å². The van der Waals surface area contributed by atoms with Crippen LogP contribution >= 0.6 is 0 Å². The van der Waals surface area contributed by atoms with Gasteiger partial charge in [0.25, 0.3) is 0 Å². The molecule has 0 aromatic rings. The van der Waals surface area contributed by atoms with E-state index in [9.17, 15) is 13.0 Å². The molecule has 0 fully saturated rings. The molecular weight excluding hydrogens is 251 g/mol. The molecule has 1 atom stereocenters. The smallest absolute Gasteiger partial charge is 0.748 e. The Hall–Kier alpha value is 0.870. The summed E-state index contributed by atoms with van der Waals surface area (Å²) in [6.07, 6.45) is 6.66. The number of hydrogen-bond acceptors (Lipinski definition) is 4. The van der Waals surface area contributed by atoms with Crippen LogP contribution in [0.15, 0.2) is 0 Å². The molecular formula is C11H23NaO4S. The van der Waals surface area contributed by atoms with E-state index in [0.717, 1.165) is 38.5 Å². The van der Waals surface area contributed by atoms with Gasteiger partial charge in [-0.1, -0.05) is 39.0 Å². The zero-order chi connectivity index (χ0) is 12.4. The van der Waals surface area contributed by atoms with Crippen molar-refractivity contribution < 1.29 is 47.6 Å². The standard InChI is InChI=1S/C11H24O4S.Na/c1-2-11(16(13,14)15)9-7-5-3-4-6-8-10-12;/h11-12H,2-10H2,1H3,(H,13,14,15);/q;+1/p-1. The fraction of sp³-hybridized carbons (Fsp3) is 1.00. The molecule has 0 rings (SSSR count). The summed E-state index contributed by atoms with van der Waals surface area (Å²) in [6.45, 7) is 1.98. The van der Waals surface area contributed by atoms with Gasteiger partial charge in [-0.05, 0) is 19.3 Å². The molecule has 0 radical (unpaired) electrons. The van der Waals surface area contributed by atoms with E-state index in [1.165, 1.54) is 0 Å². The molecule has 0 aromatic carbocycles. The molecule has 0 spiro atoms. The maximum absolute atomic E-state index is 10.8. The normalized spacial score (nSPS) is 13.1. The Bertz CT molecular complexity index is 254. The number of unbranched alkanes of at least 4 members (excludes halogenated alkanes) is 5. The van der Waals surface area contributed by atoms with Crippen molar-refractivity contribution in [1.82, 2.24) is 0 Å². The maximum Gasteiger partial charge on any atom is 1.00 e. The Morgan fingerprint density at radius 3 is 1.94 bits per heavy atom. The van der Waals surface area contributed by atoms with Gasteiger partial charge in [-0.2, -0.15) is 0 Å². The monoisotopic (exact) mass is 274 g/mol. The molecule has 4 nitrogen and oxygen atoms in total. The summed E-state index contributed by atoms with van der Waals surface area (Å²) in [4.78, 5) is 0. The Morgan fingerprint density at radius 2 is 1.53 bits per heavy atom. The Balaban J connectivity index is 0. The molecule has 0 aliphatic carbocycles. The third-order valence-electron chi connectivity index (χ3n) is 2.80. The van der Waals surface area contributed by atoms with Crippen molar-refractivity contribution in [2.75, 3.05) is 6.61 Å². The van der Waals surface area contributed by atoms with Gasteiger partial charge >= 0.3 is 29.6 Å². The summed E-state index contributed by atoms with van der Waals surface area (Å²) >= 11 is 0. The van der Waals surface area contributed by atoms with Gasteiger partial charge in [-0.3, -0.25) is 0 Å². The quantitative estimate of drug-likeness (QED) is 0.316. The molecule has 0 saturated carbocycles. The minimum absolute atomic E-state index is 0. The van der Waals surface area contributed by atoms with Crippen LogP contribution in [0.1, 0.15) is 58.3 Å². The average molecular weight is 274 g/mol. The van der Waals surface area contributed by atoms with Crippen LogP contribution in [0, 0.1) is 0 Å². The van der Waals surface area contributed by atoms with Crippen LogP contribution in [-0.4, -0.2) is 29.9 Å². The van der Waals surface area contributed by atoms with E-state index in [2.05, 4.69) is 0 Å². The van der Waals surface area contributed by atoms with E-state index in [1.54, 1.807) is 6.92 Å². The first-order valence-corrected chi connectivity index (χ1v) is 7.55. The zero-order valence-corrected chi connectivity index (χ0v) is 13.8. The van der Waals surface area contributed by atoms with Crippen molar-refractivity contribution >= 4 is 10.1 Å². The Kier molecular flexibility index (Phi) is 14.2. The van der Waals surface area contributed by atoms with Gasteiger partial charge in [0.15, 0.2) is 0 Å². The fourth-order valence-corrected chi connectivity index (χ4v) is 2.61. The largest absolute Gasteiger partial charge is 1.00 e. The van der Waals surface area contributed by atoms with Crippen LogP contribution < -0.4 is 29.6 Å². The SMILES string of the molecule is CCC(CCCCCCCCO)S(=O)(=O)[O-].[Na+]. The van der Waals surface area contributed by atoms with Crippen LogP contribution in [0.4, 0.5) is 0 Å². The zero-order valence-electron chi connectivity index (χ0n) is 11.0. The predicted molar refractivity (Wildman–Crippen MR) is 63.2 cm³/mol. The molecule has 1 unspecified atom stereocenters. The summed E-state index contributed by atoms with van der Waals surface area (Å²) < 4.78 is 32.4. The first kappa shape index (κ1) is 20.2. The summed E-state index contributed by atoms with van der Waals surface area (Å²) in [7, 11) is -4.10. The van der Waals surface area contributed by atoms with Crippen molar-refractivity contribution in [2.24, 2.45) is 0 Å². The van der Waals surface area contributed by atoms with E-state index in [4.69, 9.17) is 5.11 Å². The first-order valence-electron chi connectivity index (χ1n) is 6.08. The van der Waals surface area contributed by atoms with Crippen LogP contribution in [-0.2, 0) is 10.1 Å². The van der Waals surface area contributed by atoms with E-state index < -0.39 is 15.4 Å². The second-order valence-corrected chi connectivity index (χ2v) is 5.81. The van der Waals surface area contributed by atoms with Gasteiger partial charge in [0, 0.05) is 11.9 Å².